The van der Waals surface area contributed by atoms with Crippen molar-refractivity contribution in [3.8, 4) is 0 Å². The van der Waals surface area contributed by atoms with Gasteiger partial charge in [-0.3, -0.25) is 9.59 Å². The molecule has 0 radical (unpaired) electrons. The van der Waals surface area contributed by atoms with E-state index < -0.39 is 0 Å². The van der Waals surface area contributed by atoms with Crippen LogP contribution in [0, 0.1) is 0 Å². The second-order valence-electron chi connectivity index (χ2n) is 5.15. The largest absolute Gasteiger partial charge is 0.376 e. The summed E-state index contributed by atoms with van der Waals surface area (Å²) in [6, 6.07) is 16.7. The van der Waals surface area contributed by atoms with Gasteiger partial charge in [0, 0.05) is 23.5 Å². The van der Waals surface area contributed by atoms with Crippen LogP contribution in [-0.4, -0.2) is 18.4 Å². The first-order valence-corrected chi connectivity index (χ1v) is 7.66. The van der Waals surface area contributed by atoms with Crippen LogP contribution in [0.15, 0.2) is 54.6 Å². The Balaban J connectivity index is 1.87. The van der Waals surface area contributed by atoms with Gasteiger partial charge in [-0.1, -0.05) is 31.2 Å². The van der Waals surface area contributed by atoms with Gasteiger partial charge in [0.15, 0.2) is 0 Å². The molecule has 0 aliphatic rings. The molecule has 2 amide bonds. The summed E-state index contributed by atoms with van der Waals surface area (Å²) in [6.07, 6.45) is 1.28. The topological polar surface area (TPSA) is 70.2 Å². The second-order valence-corrected chi connectivity index (χ2v) is 5.15. The zero-order valence-electron chi connectivity index (χ0n) is 13.1. The molecule has 0 aliphatic heterocycles. The molecule has 0 unspecified atom stereocenters. The van der Waals surface area contributed by atoms with Crippen LogP contribution in [0.3, 0.4) is 0 Å². The van der Waals surface area contributed by atoms with E-state index in [1.54, 1.807) is 24.3 Å². The maximum atomic E-state index is 12.0. The molecule has 2 rings (SSSR count). The Hall–Kier alpha value is -2.82. The summed E-state index contributed by atoms with van der Waals surface area (Å²) < 4.78 is 0. The normalized spacial score (nSPS) is 9.96. The zero-order valence-corrected chi connectivity index (χ0v) is 13.1. The van der Waals surface area contributed by atoms with Gasteiger partial charge in [-0.25, -0.2) is 0 Å². The molecule has 2 aromatic rings. The van der Waals surface area contributed by atoms with E-state index >= 15 is 0 Å². The smallest absolute Gasteiger partial charge is 0.243 e. The molecule has 0 saturated carbocycles. The first kappa shape index (κ1) is 16.5. The minimum Gasteiger partial charge on any atom is -0.376 e. The van der Waals surface area contributed by atoms with Gasteiger partial charge in [-0.05, 0) is 36.8 Å². The van der Waals surface area contributed by atoms with E-state index in [1.165, 1.54) is 0 Å². The fourth-order valence-electron chi connectivity index (χ4n) is 2.07. The van der Waals surface area contributed by atoms with Gasteiger partial charge >= 0.3 is 0 Å². The van der Waals surface area contributed by atoms with E-state index in [0.717, 1.165) is 12.1 Å². The quantitative estimate of drug-likeness (QED) is 0.733. The number of carbonyl (C=O) groups excluding carboxylic acids is 2. The van der Waals surface area contributed by atoms with Crippen molar-refractivity contribution < 1.29 is 9.59 Å². The van der Waals surface area contributed by atoms with Crippen molar-refractivity contribution >= 4 is 28.9 Å². The van der Waals surface area contributed by atoms with Gasteiger partial charge in [-0.15, -0.1) is 0 Å². The highest BCUT2D eigenvalue weighted by atomic mass is 16.2. The van der Waals surface area contributed by atoms with Crippen molar-refractivity contribution in [1.82, 2.24) is 0 Å². The molecular weight excluding hydrogens is 290 g/mol. The summed E-state index contributed by atoms with van der Waals surface area (Å²) in [5.41, 5.74) is 2.22. The predicted octanol–water partition coefficient (Wildman–Crippen LogP) is 3.48. The molecule has 5 nitrogen and oxygen atoms in total. The maximum absolute atomic E-state index is 12.0. The Morgan fingerprint density at radius 2 is 1.43 bits per heavy atom. The highest BCUT2D eigenvalue weighted by molar-refractivity contribution is 5.95. The summed E-state index contributed by atoms with van der Waals surface area (Å²) in [5.74, 6) is -0.174. The van der Waals surface area contributed by atoms with Crippen molar-refractivity contribution in [2.75, 3.05) is 22.5 Å². The predicted molar refractivity (Wildman–Crippen MR) is 93.5 cm³/mol. The summed E-state index contributed by atoms with van der Waals surface area (Å²) in [4.78, 5) is 23.6. The molecule has 0 bridgehead atoms. The summed E-state index contributed by atoms with van der Waals surface area (Å²) in [5, 5.41) is 8.66. The maximum Gasteiger partial charge on any atom is 0.243 e. The van der Waals surface area contributed by atoms with E-state index in [-0.39, 0.29) is 18.4 Å². The fourth-order valence-corrected chi connectivity index (χ4v) is 2.07. The lowest BCUT2D eigenvalue weighted by Crippen LogP contribution is -2.21. The molecular formula is C18H21N3O2. The minimum absolute atomic E-state index is 0.0262. The average Bonchev–Trinajstić information content (AvgIpc) is 2.54. The van der Waals surface area contributed by atoms with E-state index in [4.69, 9.17) is 0 Å². The number of amides is 2. The van der Waals surface area contributed by atoms with Gasteiger partial charge in [0.2, 0.25) is 11.8 Å². The molecule has 0 fully saturated rings. The van der Waals surface area contributed by atoms with Crippen LogP contribution in [-0.2, 0) is 9.59 Å². The Bertz CT molecular complexity index is 656. The zero-order chi connectivity index (χ0) is 16.5. The van der Waals surface area contributed by atoms with E-state index in [1.807, 2.05) is 37.3 Å². The highest BCUT2D eigenvalue weighted by Gasteiger charge is 2.05. The number of hydrogen-bond acceptors (Lipinski definition) is 3. The third kappa shape index (κ3) is 5.82. The standard InChI is InChI=1S/C18H21N3O2/c1-2-7-17(22)20-15-10-6-11-16(12-15)21-18(23)13-19-14-8-4-3-5-9-14/h3-6,8-12,19H,2,7,13H2,1H3,(H,20,22)(H,21,23). The number of rotatable bonds is 7. The van der Waals surface area contributed by atoms with Gasteiger partial charge in [0.05, 0.1) is 6.54 Å². The van der Waals surface area contributed by atoms with E-state index in [9.17, 15) is 9.59 Å². The molecule has 0 saturated heterocycles. The number of para-hydroxylation sites is 1. The van der Waals surface area contributed by atoms with Crippen molar-refractivity contribution in [3.05, 3.63) is 54.6 Å². The lowest BCUT2D eigenvalue weighted by atomic mass is 10.2. The highest BCUT2D eigenvalue weighted by Crippen LogP contribution is 2.15. The number of benzene rings is 2. The molecule has 23 heavy (non-hydrogen) atoms. The van der Waals surface area contributed by atoms with Crippen LogP contribution in [0.5, 0.6) is 0 Å². The summed E-state index contributed by atoms with van der Waals surface area (Å²) >= 11 is 0. The number of anilines is 3. The first-order valence-electron chi connectivity index (χ1n) is 7.66. The second kappa shape index (κ2) is 8.58. The van der Waals surface area contributed by atoms with Gasteiger partial charge in [0.1, 0.15) is 0 Å². The van der Waals surface area contributed by atoms with Gasteiger partial charge in [0.25, 0.3) is 0 Å². The van der Waals surface area contributed by atoms with Crippen LogP contribution in [0.4, 0.5) is 17.1 Å². The van der Waals surface area contributed by atoms with E-state index in [0.29, 0.717) is 17.8 Å². The van der Waals surface area contributed by atoms with Crippen LogP contribution in [0.2, 0.25) is 0 Å². The molecule has 5 heteroatoms. The summed E-state index contributed by atoms with van der Waals surface area (Å²) in [6.45, 7) is 2.13. The molecule has 0 spiro atoms. The molecule has 2 aromatic carbocycles. The third-order valence-electron chi connectivity index (χ3n) is 3.13. The van der Waals surface area contributed by atoms with Crippen molar-refractivity contribution in [2.24, 2.45) is 0 Å². The third-order valence-corrected chi connectivity index (χ3v) is 3.13. The number of hydrogen-bond donors (Lipinski definition) is 3. The Labute approximate surface area is 136 Å². The first-order chi connectivity index (χ1) is 11.2. The van der Waals surface area contributed by atoms with E-state index in [2.05, 4.69) is 16.0 Å². The van der Waals surface area contributed by atoms with Crippen molar-refractivity contribution in [2.45, 2.75) is 19.8 Å². The molecule has 0 aromatic heterocycles. The molecule has 0 aliphatic carbocycles. The Kier molecular flexibility index (Phi) is 6.17. The molecule has 0 heterocycles. The Morgan fingerprint density at radius 3 is 2.09 bits per heavy atom. The lowest BCUT2D eigenvalue weighted by Gasteiger charge is -2.10. The van der Waals surface area contributed by atoms with Crippen LogP contribution in [0.25, 0.3) is 0 Å². The average molecular weight is 311 g/mol. The van der Waals surface area contributed by atoms with Crippen LogP contribution >= 0.6 is 0 Å². The number of carbonyl (C=O) groups is 2. The number of nitrogens with one attached hydrogen (secondary N) is 3. The van der Waals surface area contributed by atoms with Crippen molar-refractivity contribution in [1.29, 1.82) is 0 Å². The van der Waals surface area contributed by atoms with Crippen LogP contribution in [0.1, 0.15) is 19.8 Å². The molecule has 120 valence electrons. The van der Waals surface area contributed by atoms with Crippen molar-refractivity contribution in [3.63, 3.8) is 0 Å². The molecule has 3 N–H and O–H groups in total. The Morgan fingerprint density at radius 1 is 0.826 bits per heavy atom. The monoisotopic (exact) mass is 311 g/mol. The minimum atomic E-state index is -0.147. The molecule has 0 atom stereocenters. The fraction of sp³-hybridized carbons (Fsp3) is 0.222. The lowest BCUT2D eigenvalue weighted by molar-refractivity contribution is -0.116. The van der Waals surface area contributed by atoms with Crippen LogP contribution < -0.4 is 16.0 Å². The summed E-state index contributed by atoms with van der Waals surface area (Å²) in [7, 11) is 0. The van der Waals surface area contributed by atoms with Gasteiger partial charge in [-0.2, -0.15) is 0 Å². The van der Waals surface area contributed by atoms with Gasteiger partial charge < -0.3 is 16.0 Å². The SMILES string of the molecule is CCCC(=O)Nc1cccc(NC(=O)CNc2ccccc2)c1.